The van der Waals surface area contributed by atoms with E-state index in [-0.39, 0.29) is 28.2 Å². The van der Waals surface area contributed by atoms with Crippen LogP contribution in [0.3, 0.4) is 0 Å². The van der Waals surface area contributed by atoms with Gasteiger partial charge < -0.3 is 10.1 Å². The molecular formula is C16H25N3O5S. The lowest BCUT2D eigenvalue weighted by atomic mass is 10.0. The maximum Gasteiger partial charge on any atom is 0.293 e. The Bertz CT molecular complexity index is 722. The second-order valence-corrected chi connectivity index (χ2v) is 8.49. The van der Waals surface area contributed by atoms with Gasteiger partial charge in [0.1, 0.15) is 5.69 Å². The molecule has 140 valence electrons. The fourth-order valence-corrected chi connectivity index (χ4v) is 4.63. The Morgan fingerprint density at radius 1 is 1.48 bits per heavy atom. The van der Waals surface area contributed by atoms with Crippen molar-refractivity contribution >= 4 is 21.4 Å². The van der Waals surface area contributed by atoms with Gasteiger partial charge in [-0.15, -0.1) is 0 Å². The van der Waals surface area contributed by atoms with Gasteiger partial charge in [-0.2, -0.15) is 4.31 Å². The van der Waals surface area contributed by atoms with Crippen molar-refractivity contribution in [2.75, 3.05) is 32.1 Å². The molecule has 9 heteroatoms. The van der Waals surface area contributed by atoms with Crippen LogP contribution < -0.4 is 5.32 Å². The van der Waals surface area contributed by atoms with Gasteiger partial charge in [-0.05, 0) is 37.8 Å². The summed E-state index contributed by atoms with van der Waals surface area (Å²) < 4.78 is 32.0. The number of benzene rings is 1. The summed E-state index contributed by atoms with van der Waals surface area (Å²) in [5.41, 5.74) is 0.0228. The number of rotatable bonds is 7. The van der Waals surface area contributed by atoms with E-state index in [1.54, 1.807) is 7.11 Å². The molecule has 1 heterocycles. The molecule has 0 amide bonds. The third kappa shape index (κ3) is 4.68. The predicted octanol–water partition coefficient (Wildman–Crippen LogP) is 2.46. The third-order valence-electron chi connectivity index (χ3n) is 4.24. The molecule has 0 unspecified atom stereocenters. The zero-order valence-corrected chi connectivity index (χ0v) is 15.6. The molecule has 0 spiro atoms. The summed E-state index contributed by atoms with van der Waals surface area (Å²) in [7, 11) is -2.19. The van der Waals surface area contributed by atoms with Crippen LogP contribution in [0.1, 0.15) is 26.7 Å². The minimum absolute atomic E-state index is 0.0433. The molecule has 1 N–H and O–H groups in total. The molecule has 1 aromatic rings. The monoisotopic (exact) mass is 371 g/mol. The summed E-state index contributed by atoms with van der Waals surface area (Å²) in [5, 5.41) is 14.4. The Morgan fingerprint density at radius 3 is 2.80 bits per heavy atom. The van der Waals surface area contributed by atoms with Crippen molar-refractivity contribution in [3.8, 4) is 0 Å². The van der Waals surface area contributed by atoms with Gasteiger partial charge in [-0.1, -0.05) is 6.92 Å². The van der Waals surface area contributed by atoms with E-state index < -0.39 is 14.9 Å². The smallest absolute Gasteiger partial charge is 0.293 e. The number of ether oxygens (including phenoxy) is 1. The van der Waals surface area contributed by atoms with E-state index >= 15 is 0 Å². The summed E-state index contributed by atoms with van der Waals surface area (Å²) in [6.45, 7) is 5.11. The number of nitrogens with zero attached hydrogens (tertiary/aromatic N) is 2. The number of anilines is 1. The second kappa shape index (κ2) is 8.11. The molecule has 8 nitrogen and oxygen atoms in total. The van der Waals surface area contributed by atoms with Crippen LogP contribution in [0, 0.1) is 16.0 Å². The molecule has 1 saturated heterocycles. The Balaban J connectivity index is 2.33. The zero-order valence-electron chi connectivity index (χ0n) is 14.8. The van der Waals surface area contributed by atoms with Gasteiger partial charge in [0.15, 0.2) is 0 Å². The molecule has 25 heavy (non-hydrogen) atoms. The minimum atomic E-state index is -3.73. The maximum atomic E-state index is 12.8. The minimum Gasteiger partial charge on any atom is -0.383 e. The topological polar surface area (TPSA) is 102 Å². The number of nitro benzene ring substituents is 1. The van der Waals surface area contributed by atoms with E-state index in [0.29, 0.717) is 19.7 Å². The molecule has 1 aromatic carbocycles. The van der Waals surface area contributed by atoms with Gasteiger partial charge in [-0.3, -0.25) is 10.1 Å². The first-order valence-electron chi connectivity index (χ1n) is 8.29. The molecule has 0 saturated carbocycles. The molecule has 0 radical (unpaired) electrons. The average molecular weight is 371 g/mol. The molecule has 0 aliphatic carbocycles. The fourth-order valence-electron chi connectivity index (χ4n) is 3.02. The Labute approximate surface area is 148 Å². The Hall–Kier alpha value is -1.71. The van der Waals surface area contributed by atoms with Crippen LogP contribution in [0.5, 0.6) is 0 Å². The van der Waals surface area contributed by atoms with E-state index in [9.17, 15) is 18.5 Å². The van der Waals surface area contributed by atoms with E-state index in [0.717, 1.165) is 18.9 Å². The predicted molar refractivity (Wildman–Crippen MR) is 95.2 cm³/mol. The van der Waals surface area contributed by atoms with Crippen LogP contribution in [-0.2, 0) is 14.8 Å². The molecule has 2 rings (SSSR count). The summed E-state index contributed by atoms with van der Waals surface area (Å²) in [4.78, 5) is 10.8. The highest BCUT2D eigenvalue weighted by Gasteiger charge is 2.30. The third-order valence-corrected chi connectivity index (χ3v) is 6.10. The molecule has 0 aromatic heterocycles. The second-order valence-electron chi connectivity index (χ2n) is 6.55. The standard InChI is InChI=1S/C16H25N3O5S/c1-12-5-4-8-18(10-12)25(22,23)14-6-7-15(16(9-14)19(20)21)17-13(2)11-24-3/h6-7,9,12-13,17H,4-5,8,10-11H2,1-3H3/t12-,13-/m0/s1. The van der Waals surface area contributed by atoms with Crippen LogP contribution in [0.2, 0.25) is 0 Å². The number of piperidine rings is 1. The van der Waals surface area contributed by atoms with E-state index in [1.807, 2.05) is 13.8 Å². The zero-order chi connectivity index (χ0) is 18.6. The summed E-state index contributed by atoms with van der Waals surface area (Å²) >= 11 is 0. The van der Waals surface area contributed by atoms with E-state index in [4.69, 9.17) is 4.74 Å². The molecule has 1 aliphatic rings. The largest absolute Gasteiger partial charge is 0.383 e. The van der Waals surface area contributed by atoms with Crippen molar-refractivity contribution < 1.29 is 18.1 Å². The van der Waals surface area contributed by atoms with Crippen molar-refractivity contribution in [2.24, 2.45) is 5.92 Å². The highest BCUT2D eigenvalue weighted by Crippen LogP contribution is 2.31. The summed E-state index contributed by atoms with van der Waals surface area (Å²) in [5.74, 6) is 0.286. The van der Waals surface area contributed by atoms with Gasteiger partial charge in [-0.25, -0.2) is 8.42 Å². The van der Waals surface area contributed by atoms with Crippen LogP contribution in [0.25, 0.3) is 0 Å². The number of nitro groups is 1. The van der Waals surface area contributed by atoms with E-state index in [1.165, 1.54) is 16.4 Å². The first-order chi connectivity index (χ1) is 11.8. The van der Waals surface area contributed by atoms with Gasteiger partial charge in [0, 0.05) is 32.3 Å². The first kappa shape index (κ1) is 19.6. The number of methoxy groups -OCH3 is 1. The number of nitrogens with one attached hydrogen (secondary N) is 1. The average Bonchev–Trinajstić information content (AvgIpc) is 2.55. The summed E-state index contributed by atoms with van der Waals surface area (Å²) in [6.07, 6.45) is 1.79. The van der Waals surface area contributed by atoms with Crippen LogP contribution in [0.4, 0.5) is 11.4 Å². The van der Waals surface area contributed by atoms with Gasteiger partial charge >= 0.3 is 0 Å². The van der Waals surface area contributed by atoms with Crippen LogP contribution in [-0.4, -0.2) is 50.5 Å². The lowest BCUT2D eigenvalue weighted by Crippen LogP contribution is -2.39. The molecule has 2 atom stereocenters. The van der Waals surface area contributed by atoms with Gasteiger partial charge in [0.05, 0.1) is 16.4 Å². The van der Waals surface area contributed by atoms with E-state index in [2.05, 4.69) is 5.32 Å². The van der Waals surface area contributed by atoms with Gasteiger partial charge in [0.25, 0.3) is 5.69 Å². The SMILES string of the molecule is COC[C@H](C)Nc1ccc(S(=O)(=O)N2CCC[C@H](C)C2)cc1[N+](=O)[O-]. The normalized spacial score (nSPS) is 20.2. The van der Waals surface area contributed by atoms with Crippen molar-refractivity contribution in [3.05, 3.63) is 28.3 Å². The lowest BCUT2D eigenvalue weighted by molar-refractivity contribution is -0.384. The number of hydrogen-bond acceptors (Lipinski definition) is 6. The van der Waals surface area contributed by atoms with Crippen molar-refractivity contribution in [2.45, 2.75) is 37.6 Å². The quantitative estimate of drug-likeness (QED) is 0.583. The highest BCUT2D eigenvalue weighted by molar-refractivity contribution is 7.89. The van der Waals surface area contributed by atoms with Crippen molar-refractivity contribution in [1.82, 2.24) is 4.31 Å². The fraction of sp³-hybridized carbons (Fsp3) is 0.625. The molecule has 0 bridgehead atoms. The number of sulfonamides is 1. The highest BCUT2D eigenvalue weighted by atomic mass is 32.2. The maximum absolute atomic E-state index is 12.8. The lowest BCUT2D eigenvalue weighted by Gasteiger charge is -2.30. The van der Waals surface area contributed by atoms with Crippen LogP contribution >= 0.6 is 0 Å². The summed E-state index contributed by atoms with van der Waals surface area (Å²) in [6, 6.07) is 3.86. The Kier molecular flexibility index (Phi) is 6.36. The molecular weight excluding hydrogens is 346 g/mol. The Morgan fingerprint density at radius 2 is 2.20 bits per heavy atom. The first-order valence-corrected chi connectivity index (χ1v) is 9.73. The van der Waals surface area contributed by atoms with Crippen LogP contribution in [0.15, 0.2) is 23.1 Å². The number of hydrogen-bond donors (Lipinski definition) is 1. The van der Waals surface area contributed by atoms with Gasteiger partial charge in [0.2, 0.25) is 10.0 Å². The molecule has 1 aliphatic heterocycles. The van der Waals surface area contributed by atoms with Crippen molar-refractivity contribution in [1.29, 1.82) is 0 Å². The van der Waals surface area contributed by atoms with Crippen molar-refractivity contribution in [3.63, 3.8) is 0 Å². The molecule has 1 fully saturated rings.